The Morgan fingerprint density at radius 2 is 1.69 bits per heavy atom. The topological polar surface area (TPSA) is 117 Å². The Morgan fingerprint density at radius 3 is 2.36 bits per heavy atom. The van der Waals surface area contributed by atoms with Gasteiger partial charge in [-0.3, -0.25) is 19.1 Å². The molecular weight excluding hydrogens is 460 g/mol. The number of hydrogen-bond acceptors (Lipinski definition) is 7. The second kappa shape index (κ2) is 9.87. The number of nitrogens with one attached hydrogen (secondary N) is 1. The number of carbonyl (C=O) groups excluding carboxylic acids is 3. The number of carbonyl (C=O) groups is 3. The zero-order valence-electron chi connectivity index (χ0n) is 21.0. The number of anilines is 1. The van der Waals surface area contributed by atoms with Crippen molar-refractivity contribution in [3.63, 3.8) is 0 Å². The number of nitrogens with zero attached hydrogens (tertiary/aromatic N) is 7. The lowest BCUT2D eigenvalue weighted by molar-refractivity contribution is -0.133. The minimum absolute atomic E-state index is 0.136. The summed E-state index contributed by atoms with van der Waals surface area (Å²) in [6, 6.07) is 3.46. The number of piperazine rings is 1. The van der Waals surface area contributed by atoms with E-state index in [0.717, 1.165) is 25.7 Å². The van der Waals surface area contributed by atoms with E-state index in [-0.39, 0.29) is 36.0 Å². The molecule has 3 amide bonds. The number of rotatable bonds is 4. The van der Waals surface area contributed by atoms with E-state index in [0.29, 0.717) is 37.8 Å². The molecule has 11 nitrogen and oxygen atoms in total. The van der Waals surface area contributed by atoms with Crippen molar-refractivity contribution in [3.8, 4) is 0 Å². The molecule has 3 aliphatic rings. The highest BCUT2D eigenvalue weighted by molar-refractivity contribution is 6.01. The van der Waals surface area contributed by atoms with E-state index in [2.05, 4.69) is 20.4 Å². The maximum atomic E-state index is 13.4. The number of fused-ring (bicyclic) bond motifs is 1. The summed E-state index contributed by atoms with van der Waals surface area (Å²) in [5.74, 6) is -0.0430. The van der Waals surface area contributed by atoms with Gasteiger partial charge in [0.15, 0.2) is 5.69 Å². The largest absolute Gasteiger partial charge is 0.351 e. The molecule has 2 fully saturated rings. The van der Waals surface area contributed by atoms with E-state index in [9.17, 15) is 14.4 Å². The van der Waals surface area contributed by atoms with E-state index in [1.165, 1.54) is 22.4 Å². The molecule has 1 atom stereocenters. The van der Waals surface area contributed by atoms with Crippen LogP contribution in [0.3, 0.4) is 0 Å². The van der Waals surface area contributed by atoms with Crippen LogP contribution in [0.1, 0.15) is 66.4 Å². The molecule has 2 aromatic rings. The summed E-state index contributed by atoms with van der Waals surface area (Å²) in [5.41, 5.74) is -0.522. The highest BCUT2D eigenvalue weighted by Crippen LogP contribution is 2.27. The average molecular weight is 495 g/mol. The first kappa shape index (κ1) is 24.2. The highest BCUT2D eigenvalue weighted by Gasteiger charge is 2.47. The molecule has 0 bridgehead atoms. The molecule has 1 N–H and O–H groups in total. The Bertz CT molecular complexity index is 1120. The lowest BCUT2D eigenvalue weighted by Gasteiger charge is -2.41. The van der Waals surface area contributed by atoms with Gasteiger partial charge in [0.05, 0.1) is 6.54 Å². The average Bonchev–Trinajstić information content (AvgIpc) is 3.15. The molecule has 1 saturated carbocycles. The molecule has 11 heteroatoms. The summed E-state index contributed by atoms with van der Waals surface area (Å²) >= 11 is 0. The predicted octanol–water partition coefficient (Wildman–Crippen LogP) is 1.32. The summed E-state index contributed by atoms with van der Waals surface area (Å²) < 4.78 is 1.52. The van der Waals surface area contributed by atoms with Gasteiger partial charge >= 0.3 is 0 Å². The number of amides is 3. The minimum atomic E-state index is -1.08. The zero-order valence-corrected chi connectivity index (χ0v) is 21.0. The van der Waals surface area contributed by atoms with Crippen LogP contribution < -0.4 is 10.2 Å². The third-order valence-electron chi connectivity index (χ3n) is 7.80. The fourth-order valence-corrected chi connectivity index (χ4v) is 5.32. The molecule has 0 spiro atoms. The summed E-state index contributed by atoms with van der Waals surface area (Å²) in [4.78, 5) is 53.7. The maximum Gasteiger partial charge on any atom is 0.274 e. The van der Waals surface area contributed by atoms with Gasteiger partial charge in [-0.25, -0.2) is 9.97 Å². The Balaban J connectivity index is 1.27. The molecule has 5 rings (SSSR count). The fraction of sp³-hybridized carbons (Fsp3) is 0.600. The molecule has 2 aromatic heterocycles. The second-order valence-electron chi connectivity index (χ2n) is 10.2. The normalized spacial score (nSPS) is 23.3. The molecular formula is C25H34N8O3. The van der Waals surface area contributed by atoms with E-state index in [1.807, 2.05) is 4.90 Å². The Hall–Kier alpha value is -3.50. The molecule has 1 aliphatic carbocycles. The monoisotopic (exact) mass is 494 g/mol. The van der Waals surface area contributed by atoms with Crippen LogP contribution in [0.2, 0.25) is 0 Å². The van der Waals surface area contributed by atoms with Crippen LogP contribution in [0.25, 0.3) is 0 Å². The standard InChI is InChI=1S/C25H34N8O3/c1-25(23(36)28-18-8-5-3-4-6-9-18)17-33-20(22(35)30(25)2)16-19(29-33)21(34)31-12-14-32(15-13-31)24-26-10-7-11-27-24/h7,10-11,16,18H,3-6,8-9,12-15,17H2,1-2H3,(H,28,36)/t25-/m1/s1. The van der Waals surface area contributed by atoms with Crippen LogP contribution in [0.4, 0.5) is 5.95 Å². The first-order valence-electron chi connectivity index (χ1n) is 12.8. The number of aromatic nitrogens is 4. The summed E-state index contributed by atoms with van der Waals surface area (Å²) in [6.07, 6.45) is 9.95. The molecule has 4 heterocycles. The zero-order chi connectivity index (χ0) is 25.3. The second-order valence-corrected chi connectivity index (χ2v) is 10.2. The van der Waals surface area contributed by atoms with Crippen molar-refractivity contribution in [1.29, 1.82) is 0 Å². The van der Waals surface area contributed by atoms with Crippen molar-refractivity contribution in [3.05, 3.63) is 35.9 Å². The lowest BCUT2D eigenvalue weighted by Crippen LogP contribution is -2.63. The minimum Gasteiger partial charge on any atom is -0.351 e. The third-order valence-corrected chi connectivity index (χ3v) is 7.80. The van der Waals surface area contributed by atoms with Gasteiger partial charge in [0, 0.05) is 57.7 Å². The smallest absolute Gasteiger partial charge is 0.274 e. The van der Waals surface area contributed by atoms with Gasteiger partial charge in [0.25, 0.3) is 11.8 Å². The molecule has 2 aliphatic heterocycles. The summed E-state index contributed by atoms with van der Waals surface area (Å²) in [6.45, 7) is 4.22. The molecule has 1 saturated heterocycles. The van der Waals surface area contributed by atoms with Gasteiger partial charge in [0.2, 0.25) is 11.9 Å². The third kappa shape index (κ3) is 4.54. The van der Waals surface area contributed by atoms with Gasteiger partial charge in [-0.05, 0) is 25.8 Å². The number of hydrogen-bond donors (Lipinski definition) is 1. The first-order valence-corrected chi connectivity index (χ1v) is 12.8. The molecule has 0 aromatic carbocycles. The van der Waals surface area contributed by atoms with Crippen molar-refractivity contribution >= 4 is 23.7 Å². The Labute approximate surface area is 210 Å². The molecule has 0 unspecified atom stereocenters. The molecule has 192 valence electrons. The SMILES string of the molecule is CN1C(=O)c2cc(C(=O)N3CCN(c4ncccn4)CC3)nn2C[C@]1(C)C(=O)NC1CCCCCC1. The van der Waals surface area contributed by atoms with Crippen molar-refractivity contribution in [1.82, 2.24) is 34.9 Å². The fourth-order valence-electron chi connectivity index (χ4n) is 5.32. The van der Waals surface area contributed by atoms with Gasteiger partial charge in [-0.15, -0.1) is 0 Å². The maximum absolute atomic E-state index is 13.4. The van der Waals surface area contributed by atoms with Crippen LogP contribution in [0.15, 0.2) is 24.5 Å². The van der Waals surface area contributed by atoms with Crippen LogP contribution in [-0.2, 0) is 11.3 Å². The van der Waals surface area contributed by atoms with Gasteiger partial charge in [0.1, 0.15) is 11.2 Å². The van der Waals surface area contributed by atoms with E-state index < -0.39 is 5.54 Å². The summed E-state index contributed by atoms with van der Waals surface area (Å²) in [7, 11) is 1.65. The van der Waals surface area contributed by atoms with Crippen molar-refractivity contribution in [2.24, 2.45) is 0 Å². The lowest BCUT2D eigenvalue weighted by atomic mass is 9.95. The van der Waals surface area contributed by atoms with Crippen molar-refractivity contribution < 1.29 is 14.4 Å². The van der Waals surface area contributed by atoms with Crippen LogP contribution in [0, 0.1) is 0 Å². The van der Waals surface area contributed by atoms with Gasteiger partial charge in [-0.1, -0.05) is 25.7 Å². The Kier molecular flexibility index (Phi) is 6.63. The first-order chi connectivity index (χ1) is 17.4. The summed E-state index contributed by atoms with van der Waals surface area (Å²) in [5, 5.41) is 7.67. The van der Waals surface area contributed by atoms with Crippen LogP contribution in [0.5, 0.6) is 0 Å². The van der Waals surface area contributed by atoms with Crippen LogP contribution >= 0.6 is 0 Å². The number of likely N-dealkylation sites (N-methyl/N-ethyl adjacent to an activating group) is 1. The van der Waals surface area contributed by atoms with Crippen molar-refractivity contribution in [2.45, 2.75) is 63.6 Å². The molecule has 0 radical (unpaired) electrons. The highest BCUT2D eigenvalue weighted by atomic mass is 16.2. The van der Waals surface area contributed by atoms with E-state index in [4.69, 9.17) is 0 Å². The van der Waals surface area contributed by atoms with Gasteiger partial charge < -0.3 is 20.0 Å². The van der Waals surface area contributed by atoms with E-state index >= 15 is 0 Å². The quantitative estimate of drug-likeness (QED) is 0.637. The van der Waals surface area contributed by atoms with Crippen LogP contribution in [-0.4, -0.2) is 92.1 Å². The van der Waals surface area contributed by atoms with Gasteiger partial charge in [-0.2, -0.15) is 5.10 Å². The molecule has 36 heavy (non-hydrogen) atoms. The Morgan fingerprint density at radius 1 is 1.03 bits per heavy atom. The van der Waals surface area contributed by atoms with Crippen molar-refractivity contribution in [2.75, 3.05) is 38.1 Å². The predicted molar refractivity (Wildman–Crippen MR) is 133 cm³/mol. The van der Waals surface area contributed by atoms with E-state index in [1.54, 1.807) is 43.4 Å².